The van der Waals surface area contributed by atoms with E-state index in [1.54, 1.807) is 17.5 Å². The molecule has 1 aliphatic heterocycles. The number of β-amino-alcohol motifs (C(OH)–C–C–N with tert-alkyl or cyclic N) is 1. The third-order valence-corrected chi connectivity index (χ3v) is 4.86. The van der Waals surface area contributed by atoms with Gasteiger partial charge in [-0.05, 0) is 13.8 Å². The van der Waals surface area contributed by atoms with Crippen molar-refractivity contribution in [2.45, 2.75) is 26.5 Å². The monoisotopic (exact) mass is 308 g/mol. The van der Waals surface area contributed by atoms with E-state index in [-0.39, 0.29) is 6.10 Å². The van der Waals surface area contributed by atoms with Crippen LogP contribution in [0.3, 0.4) is 0 Å². The van der Waals surface area contributed by atoms with Crippen molar-refractivity contribution in [3.8, 4) is 0 Å². The van der Waals surface area contributed by atoms with Gasteiger partial charge in [-0.25, -0.2) is 4.98 Å². The van der Waals surface area contributed by atoms with Gasteiger partial charge in [0.25, 0.3) is 0 Å². The molecule has 3 rings (SSSR count). The van der Waals surface area contributed by atoms with Gasteiger partial charge >= 0.3 is 0 Å². The number of nitrogens with one attached hydrogen (secondary N) is 1. The molecule has 7 nitrogen and oxygen atoms in total. The van der Waals surface area contributed by atoms with Crippen molar-refractivity contribution >= 4 is 16.5 Å². The predicted octanol–water partition coefficient (Wildman–Crippen LogP) is 0.561. The second-order valence-electron chi connectivity index (χ2n) is 5.43. The SMILES string of the molecule is Cc1nc(N2CCN(Cc3cn[nH]n3)C[C@H](O)C2)sc1C. The fourth-order valence-corrected chi connectivity index (χ4v) is 3.44. The van der Waals surface area contributed by atoms with Gasteiger partial charge in [0.1, 0.15) is 0 Å². The highest BCUT2D eigenvalue weighted by Crippen LogP contribution is 2.26. The normalized spacial score (nSPS) is 20.7. The van der Waals surface area contributed by atoms with Crippen LogP contribution in [0.15, 0.2) is 6.20 Å². The molecular weight excluding hydrogens is 288 g/mol. The maximum absolute atomic E-state index is 10.2. The zero-order chi connectivity index (χ0) is 14.8. The van der Waals surface area contributed by atoms with Crippen LogP contribution >= 0.6 is 11.3 Å². The van der Waals surface area contributed by atoms with E-state index in [2.05, 4.69) is 37.1 Å². The Kier molecular flexibility index (Phi) is 4.18. The molecule has 3 heterocycles. The molecule has 2 aromatic heterocycles. The maximum atomic E-state index is 10.2. The van der Waals surface area contributed by atoms with Gasteiger partial charge in [-0.3, -0.25) is 4.90 Å². The molecule has 1 fully saturated rings. The molecule has 0 spiro atoms. The summed E-state index contributed by atoms with van der Waals surface area (Å²) in [6, 6.07) is 0. The standard InChI is InChI=1S/C13H20N6OS/c1-9-10(2)21-13(15-9)19-4-3-18(7-12(20)8-19)6-11-5-14-17-16-11/h5,12,20H,3-4,6-8H2,1-2H3,(H,14,16,17)/t12-/m0/s1. The number of aliphatic hydroxyl groups excluding tert-OH is 1. The Morgan fingerprint density at radius 3 is 2.90 bits per heavy atom. The van der Waals surface area contributed by atoms with Gasteiger partial charge in [0.2, 0.25) is 0 Å². The van der Waals surface area contributed by atoms with Crippen LogP contribution in [0.25, 0.3) is 0 Å². The van der Waals surface area contributed by atoms with Crippen LogP contribution in [-0.2, 0) is 6.54 Å². The summed E-state index contributed by atoms with van der Waals surface area (Å²) in [4.78, 5) is 10.2. The van der Waals surface area contributed by atoms with E-state index in [0.717, 1.165) is 29.6 Å². The van der Waals surface area contributed by atoms with Gasteiger partial charge in [-0.15, -0.1) is 11.3 Å². The first kappa shape index (κ1) is 14.4. The summed E-state index contributed by atoms with van der Waals surface area (Å²) in [5.41, 5.74) is 1.98. The van der Waals surface area contributed by atoms with E-state index in [1.807, 2.05) is 6.92 Å². The second kappa shape index (κ2) is 6.08. The number of hydrogen-bond donors (Lipinski definition) is 2. The lowest BCUT2D eigenvalue weighted by molar-refractivity contribution is 0.128. The number of thiazole rings is 1. The topological polar surface area (TPSA) is 81.2 Å². The number of anilines is 1. The number of aryl methyl sites for hydroxylation is 2. The van der Waals surface area contributed by atoms with Gasteiger partial charge in [0, 0.05) is 37.6 Å². The van der Waals surface area contributed by atoms with Crippen molar-refractivity contribution in [1.82, 2.24) is 25.3 Å². The molecule has 0 aliphatic carbocycles. The molecule has 21 heavy (non-hydrogen) atoms. The first-order valence-corrected chi connectivity index (χ1v) is 7.87. The molecular formula is C13H20N6OS. The molecule has 2 aromatic rings. The molecule has 0 saturated carbocycles. The molecule has 1 saturated heterocycles. The Morgan fingerprint density at radius 1 is 1.38 bits per heavy atom. The van der Waals surface area contributed by atoms with Crippen LogP contribution in [-0.4, -0.2) is 62.7 Å². The highest BCUT2D eigenvalue weighted by molar-refractivity contribution is 7.15. The Balaban J connectivity index is 1.67. The van der Waals surface area contributed by atoms with Crippen molar-refractivity contribution in [2.75, 3.05) is 31.1 Å². The highest BCUT2D eigenvalue weighted by Gasteiger charge is 2.23. The molecule has 114 valence electrons. The lowest BCUT2D eigenvalue weighted by atomic mass is 10.3. The lowest BCUT2D eigenvalue weighted by Gasteiger charge is -2.20. The zero-order valence-corrected chi connectivity index (χ0v) is 13.1. The summed E-state index contributed by atoms with van der Waals surface area (Å²) >= 11 is 1.70. The van der Waals surface area contributed by atoms with Crippen LogP contribution in [0.5, 0.6) is 0 Å². The fraction of sp³-hybridized carbons (Fsp3) is 0.615. The molecule has 0 amide bonds. The van der Waals surface area contributed by atoms with Crippen LogP contribution in [0, 0.1) is 13.8 Å². The predicted molar refractivity (Wildman–Crippen MR) is 81.5 cm³/mol. The number of nitrogens with zero attached hydrogens (tertiary/aromatic N) is 5. The Bertz CT molecular complexity index is 564. The van der Waals surface area contributed by atoms with Crippen LogP contribution in [0.2, 0.25) is 0 Å². The van der Waals surface area contributed by atoms with Crippen molar-refractivity contribution < 1.29 is 5.11 Å². The van der Waals surface area contributed by atoms with Gasteiger partial charge in [0.15, 0.2) is 5.13 Å². The number of rotatable bonds is 3. The number of aromatic nitrogens is 4. The third kappa shape index (κ3) is 3.39. The number of H-pyrrole nitrogens is 1. The first-order valence-electron chi connectivity index (χ1n) is 7.06. The largest absolute Gasteiger partial charge is 0.390 e. The molecule has 1 atom stereocenters. The second-order valence-corrected chi connectivity index (χ2v) is 6.62. The maximum Gasteiger partial charge on any atom is 0.185 e. The molecule has 8 heteroatoms. The van der Waals surface area contributed by atoms with Crippen molar-refractivity contribution in [3.63, 3.8) is 0 Å². The molecule has 0 unspecified atom stereocenters. The summed E-state index contributed by atoms with van der Waals surface area (Å²) in [5.74, 6) is 0. The first-order chi connectivity index (χ1) is 10.1. The Hall–Kier alpha value is -1.51. The van der Waals surface area contributed by atoms with Crippen molar-refractivity contribution in [1.29, 1.82) is 0 Å². The highest BCUT2D eigenvalue weighted by atomic mass is 32.1. The van der Waals surface area contributed by atoms with Crippen LogP contribution in [0.4, 0.5) is 5.13 Å². The minimum absolute atomic E-state index is 0.385. The molecule has 0 radical (unpaired) electrons. The lowest BCUT2D eigenvalue weighted by Crippen LogP contribution is -2.33. The summed E-state index contributed by atoms with van der Waals surface area (Å²) < 4.78 is 0. The quantitative estimate of drug-likeness (QED) is 0.862. The third-order valence-electron chi connectivity index (χ3n) is 3.72. The zero-order valence-electron chi connectivity index (χ0n) is 12.3. The summed E-state index contributed by atoms with van der Waals surface area (Å²) in [6.07, 6.45) is 1.34. The minimum Gasteiger partial charge on any atom is -0.390 e. The van der Waals surface area contributed by atoms with Crippen LogP contribution in [0.1, 0.15) is 16.3 Å². The smallest absolute Gasteiger partial charge is 0.185 e. The van der Waals surface area contributed by atoms with E-state index in [0.29, 0.717) is 19.6 Å². The van der Waals surface area contributed by atoms with Crippen LogP contribution < -0.4 is 4.90 Å². The Labute approximate surface area is 127 Å². The number of aliphatic hydroxyl groups is 1. The summed E-state index contributed by atoms with van der Waals surface area (Å²) in [6.45, 7) is 7.83. The van der Waals surface area contributed by atoms with Crippen molar-refractivity contribution in [3.05, 3.63) is 22.5 Å². The molecule has 0 aromatic carbocycles. The average Bonchev–Trinajstić information content (AvgIpc) is 3.00. The van der Waals surface area contributed by atoms with Gasteiger partial charge in [-0.1, -0.05) is 0 Å². The van der Waals surface area contributed by atoms with E-state index < -0.39 is 0 Å². The van der Waals surface area contributed by atoms with E-state index in [1.165, 1.54) is 4.88 Å². The summed E-state index contributed by atoms with van der Waals surface area (Å²) in [7, 11) is 0. The summed E-state index contributed by atoms with van der Waals surface area (Å²) in [5, 5.41) is 21.8. The van der Waals surface area contributed by atoms with E-state index >= 15 is 0 Å². The average molecular weight is 308 g/mol. The van der Waals surface area contributed by atoms with E-state index in [4.69, 9.17) is 0 Å². The Morgan fingerprint density at radius 2 is 2.24 bits per heavy atom. The van der Waals surface area contributed by atoms with Crippen molar-refractivity contribution in [2.24, 2.45) is 0 Å². The molecule has 2 N–H and O–H groups in total. The molecule has 1 aliphatic rings. The molecule has 0 bridgehead atoms. The van der Waals surface area contributed by atoms with E-state index in [9.17, 15) is 5.11 Å². The number of aromatic amines is 1. The van der Waals surface area contributed by atoms with Gasteiger partial charge in [0.05, 0.1) is 23.7 Å². The van der Waals surface area contributed by atoms with Gasteiger partial charge in [-0.2, -0.15) is 15.4 Å². The fourth-order valence-electron chi connectivity index (χ4n) is 2.49. The minimum atomic E-state index is -0.385. The van der Waals surface area contributed by atoms with Gasteiger partial charge < -0.3 is 10.0 Å². The number of hydrogen-bond acceptors (Lipinski definition) is 7.